The highest BCUT2D eigenvalue weighted by atomic mass is 35.5. The molecule has 0 atom stereocenters. The number of aromatic nitrogens is 4. The molecule has 3 rings (SSSR count). The van der Waals surface area contributed by atoms with Crippen LogP contribution in [0.2, 0.25) is 5.28 Å². The van der Waals surface area contributed by atoms with Crippen LogP contribution in [0.25, 0.3) is 11.0 Å². The van der Waals surface area contributed by atoms with E-state index in [9.17, 15) is 0 Å². The Morgan fingerprint density at radius 2 is 2.10 bits per heavy atom. The minimum Gasteiger partial charge on any atom is -0.497 e. The number of methoxy groups -OCH3 is 1. The molecule has 2 N–H and O–H groups in total. The van der Waals surface area contributed by atoms with Gasteiger partial charge in [0.25, 0.3) is 0 Å². The summed E-state index contributed by atoms with van der Waals surface area (Å²) in [5.74, 6) is 1.28. The molecule has 0 aliphatic rings. The molecule has 1 aromatic carbocycles. The third-order valence-corrected chi connectivity index (χ3v) is 2.95. The van der Waals surface area contributed by atoms with Crippen LogP contribution in [0.5, 0.6) is 5.75 Å². The van der Waals surface area contributed by atoms with Crippen LogP contribution in [0.1, 0.15) is 5.56 Å². The number of rotatable bonds is 4. The number of ether oxygens (including phenoxy) is 1. The average Bonchev–Trinajstić information content (AvgIpc) is 2.96. The smallest absolute Gasteiger partial charge is 0.226 e. The first kappa shape index (κ1) is 13.3. The van der Waals surface area contributed by atoms with Gasteiger partial charge in [-0.15, -0.1) is 0 Å². The zero-order valence-electron chi connectivity index (χ0n) is 11.0. The van der Waals surface area contributed by atoms with Crippen LogP contribution >= 0.6 is 11.6 Å². The number of halogens is 1. The number of hydrogen-bond donors (Lipinski definition) is 2. The molecular formula is C13H11ClN6O. The van der Waals surface area contributed by atoms with Gasteiger partial charge in [0, 0.05) is 0 Å². The van der Waals surface area contributed by atoms with Gasteiger partial charge in [0.1, 0.15) is 5.75 Å². The molecule has 21 heavy (non-hydrogen) atoms. The first-order chi connectivity index (χ1) is 10.3. The Bertz CT molecular complexity index is 783. The standard InChI is InChI=1S/C13H11ClN6O/c1-21-9-4-2-8(3-5-9)6-15-19-11-10-7-16-20-12(10)18-13(14)17-11/h2-7H,1H3,(H2,16,17,18,19,20). The maximum absolute atomic E-state index is 5.83. The lowest BCUT2D eigenvalue weighted by atomic mass is 10.2. The van der Waals surface area contributed by atoms with Gasteiger partial charge >= 0.3 is 0 Å². The molecule has 2 heterocycles. The summed E-state index contributed by atoms with van der Waals surface area (Å²) in [6.07, 6.45) is 3.28. The van der Waals surface area contributed by atoms with Gasteiger partial charge in [-0.1, -0.05) is 0 Å². The van der Waals surface area contributed by atoms with E-state index in [2.05, 4.69) is 30.7 Å². The van der Waals surface area contributed by atoms with Crippen LogP contribution in [0.4, 0.5) is 5.82 Å². The summed E-state index contributed by atoms with van der Waals surface area (Å²) in [5.41, 5.74) is 4.31. The lowest BCUT2D eigenvalue weighted by molar-refractivity contribution is 0.415. The highest BCUT2D eigenvalue weighted by Crippen LogP contribution is 2.19. The van der Waals surface area contributed by atoms with Gasteiger partial charge < -0.3 is 4.74 Å². The highest BCUT2D eigenvalue weighted by Gasteiger charge is 2.07. The highest BCUT2D eigenvalue weighted by molar-refractivity contribution is 6.28. The number of aromatic amines is 1. The molecule has 0 unspecified atom stereocenters. The molecule has 0 saturated heterocycles. The Hall–Kier alpha value is -2.67. The van der Waals surface area contributed by atoms with E-state index in [0.717, 1.165) is 11.3 Å². The molecule has 0 fully saturated rings. The van der Waals surface area contributed by atoms with E-state index >= 15 is 0 Å². The summed E-state index contributed by atoms with van der Waals surface area (Å²) in [4.78, 5) is 8.09. The molecule has 0 radical (unpaired) electrons. The second-order valence-electron chi connectivity index (χ2n) is 4.12. The van der Waals surface area contributed by atoms with Crippen molar-refractivity contribution in [2.45, 2.75) is 0 Å². The minimum absolute atomic E-state index is 0.119. The first-order valence-corrected chi connectivity index (χ1v) is 6.44. The van der Waals surface area contributed by atoms with Gasteiger partial charge in [-0.2, -0.15) is 20.2 Å². The van der Waals surface area contributed by atoms with Crippen LogP contribution < -0.4 is 10.2 Å². The number of anilines is 1. The van der Waals surface area contributed by atoms with Crippen molar-refractivity contribution in [3.63, 3.8) is 0 Å². The predicted octanol–water partition coefficient (Wildman–Crippen LogP) is 2.46. The summed E-state index contributed by atoms with van der Waals surface area (Å²) in [6, 6.07) is 7.50. The van der Waals surface area contributed by atoms with E-state index in [-0.39, 0.29) is 5.28 Å². The number of hydrogen-bond acceptors (Lipinski definition) is 6. The second kappa shape index (κ2) is 5.76. The second-order valence-corrected chi connectivity index (χ2v) is 4.45. The Balaban J connectivity index is 1.79. The normalized spacial score (nSPS) is 11.1. The van der Waals surface area contributed by atoms with Crippen molar-refractivity contribution in [1.82, 2.24) is 20.2 Å². The average molecular weight is 303 g/mol. The molecule has 3 aromatic rings. The lowest BCUT2D eigenvalue weighted by Crippen LogP contribution is -1.96. The summed E-state index contributed by atoms with van der Waals surface area (Å²) < 4.78 is 5.09. The fourth-order valence-corrected chi connectivity index (χ4v) is 1.92. The van der Waals surface area contributed by atoms with Gasteiger partial charge in [0.2, 0.25) is 5.28 Å². The molecule has 0 bridgehead atoms. The van der Waals surface area contributed by atoms with Gasteiger partial charge in [-0.05, 0) is 41.4 Å². The van der Waals surface area contributed by atoms with Crippen molar-refractivity contribution in [3.8, 4) is 5.75 Å². The van der Waals surface area contributed by atoms with Gasteiger partial charge in [0.05, 0.1) is 24.9 Å². The van der Waals surface area contributed by atoms with Crippen molar-refractivity contribution in [2.24, 2.45) is 5.10 Å². The van der Waals surface area contributed by atoms with Crippen molar-refractivity contribution in [3.05, 3.63) is 41.3 Å². The fourth-order valence-electron chi connectivity index (χ4n) is 1.75. The van der Waals surface area contributed by atoms with Gasteiger partial charge in [0.15, 0.2) is 11.5 Å². The third-order valence-electron chi connectivity index (χ3n) is 2.78. The molecular weight excluding hydrogens is 292 g/mol. The van der Waals surface area contributed by atoms with Crippen LogP contribution in [0.3, 0.4) is 0 Å². The van der Waals surface area contributed by atoms with Crippen LogP contribution in [-0.4, -0.2) is 33.5 Å². The molecule has 7 nitrogen and oxygen atoms in total. The van der Waals surface area contributed by atoms with Crippen molar-refractivity contribution in [2.75, 3.05) is 12.5 Å². The topological polar surface area (TPSA) is 88.1 Å². The largest absolute Gasteiger partial charge is 0.497 e. The zero-order valence-corrected chi connectivity index (χ0v) is 11.8. The number of nitrogens with zero attached hydrogens (tertiary/aromatic N) is 4. The van der Waals surface area contributed by atoms with Gasteiger partial charge in [-0.25, -0.2) is 0 Å². The number of hydrazone groups is 1. The third kappa shape index (κ3) is 2.92. The Labute approximate surface area is 125 Å². The molecule has 0 aliphatic carbocycles. The molecule has 106 valence electrons. The number of benzene rings is 1. The quantitative estimate of drug-likeness (QED) is 0.439. The minimum atomic E-state index is 0.119. The summed E-state index contributed by atoms with van der Waals surface area (Å²) in [5, 5.41) is 11.6. The number of nitrogens with one attached hydrogen (secondary N) is 2. The maximum atomic E-state index is 5.83. The lowest BCUT2D eigenvalue weighted by Gasteiger charge is -2.01. The van der Waals surface area contributed by atoms with Crippen LogP contribution in [0.15, 0.2) is 35.6 Å². The maximum Gasteiger partial charge on any atom is 0.226 e. The van der Waals surface area contributed by atoms with Crippen LogP contribution in [-0.2, 0) is 0 Å². The number of fused-ring (bicyclic) bond motifs is 1. The van der Waals surface area contributed by atoms with E-state index in [1.807, 2.05) is 24.3 Å². The molecule has 2 aromatic heterocycles. The van der Waals surface area contributed by atoms with Crippen LogP contribution in [0, 0.1) is 0 Å². The predicted molar refractivity (Wildman–Crippen MR) is 80.9 cm³/mol. The summed E-state index contributed by atoms with van der Waals surface area (Å²) in [7, 11) is 1.62. The Morgan fingerprint density at radius 1 is 1.29 bits per heavy atom. The number of H-pyrrole nitrogens is 1. The summed E-state index contributed by atoms with van der Waals surface area (Å²) in [6.45, 7) is 0. The molecule has 0 aliphatic heterocycles. The monoisotopic (exact) mass is 302 g/mol. The SMILES string of the molecule is COc1ccc(C=NNc2nc(Cl)nc3[nH]ncc23)cc1. The molecule has 0 saturated carbocycles. The van der Waals surface area contributed by atoms with E-state index in [4.69, 9.17) is 16.3 Å². The van der Waals surface area contributed by atoms with E-state index < -0.39 is 0 Å². The Morgan fingerprint density at radius 3 is 2.86 bits per heavy atom. The molecule has 0 spiro atoms. The first-order valence-electron chi connectivity index (χ1n) is 6.06. The van der Waals surface area contributed by atoms with E-state index in [1.165, 1.54) is 0 Å². The Kier molecular flexibility index (Phi) is 3.65. The van der Waals surface area contributed by atoms with E-state index in [1.54, 1.807) is 19.5 Å². The zero-order chi connectivity index (χ0) is 14.7. The van der Waals surface area contributed by atoms with Gasteiger partial charge in [-0.3, -0.25) is 10.5 Å². The summed E-state index contributed by atoms with van der Waals surface area (Å²) >= 11 is 5.83. The van der Waals surface area contributed by atoms with Crippen molar-refractivity contribution >= 4 is 34.7 Å². The molecule has 8 heteroatoms. The van der Waals surface area contributed by atoms with Crippen molar-refractivity contribution in [1.29, 1.82) is 0 Å². The van der Waals surface area contributed by atoms with Crippen molar-refractivity contribution < 1.29 is 4.74 Å². The fraction of sp³-hybridized carbons (Fsp3) is 0.0769. The molecule has 0 amide bonds. The van der Waals surface area contributed by atoms with E-state index in [0.29, 0.717) is 16.9 Å².